The SMILES string of the molecule is C[C@H]1Cc2cc(/C=N/NC(=O)c3ccc([N+](=O)[O-])cc3)ccc2O1. The Kier molecular flexibility index (Phi) is 4.24. The molecule has 1 atom stereocenters. The highest BCUT2D eigenvalue weighted by Gasteiger charge is 2.18. The minimum atomic E-state index is -0.516. The zero-order chi connectivity index (χ0) is 17.1. The number of hydrogen-bond acceptors (Lipinski definition) is 5. The van der Waals surface area contributed by atoms with E-state index in [0.29, 0.717) is 5.56 Å². The third kappa shape index (κ3) is 3.40. The number of carbonyl (C=O) groups is 1. The van der Waals surface area contributed by atoms with Gasteiger partial charge in [0.1, 0.15) is 11.9 Å². The van der Waals surface area contributed by atoms with Crippen LogP contribution in [0.3, 0.4) is 0 Å². The monoisotopic (exact) mass is 325 g/mol. The molecule has 0 aromatic heterocycles. The van der Waals surface area contributed by atoms with Gasteiger partial charge in [-0.15, -0.1) is 0 Å². The predicted octanol–water partition coefficient (Wildman–Crippen LogP) is 2.68. The first-order valence-electron chi connectivity index (χ1n) is 7.40. The molecular formula is C17H15N3O4. The Morgan fingerprint density at radius 3 is 2.79 bits per heavy atom. The molecule has 0 saturated carbocycles. The lowest BCUT2D eigenvalue weighted by Gasteiger charge is -2.02. The van der Waals surface area contributed by atoms with E-state index in [9.17, 15) is 14.9 Å². The maximum absolute atomic E-state index is 11.9. The van der Waals surface area contributed by atoms with Crippen molar-refractivity contribution in [3.05, 3.63) is 69.3 Å². The zero-order valence-corrected chi connectivity index (χ0v) is 12.9. The molecule has 0 aliphatic carbocycles. The molecule has 0 unspecified atom stereocenters. The molecule has 1 heterocycles. The molecule has 1 amide bonds. The van der Waals surface area contributed by atoms with E-state index in [1.165, 1.54) is 24.3 Å². The van der Waals surface area contributed by atoms with E-state index in [2.05, 4.69) is 10.5 Å². The molecule has 0 saturated heterocycles. The average Bonchev–Trinajstić information content (AvgIpc) is 2.94. The van der Waals surface area contributed by atoms with E-state index in [0.717, 1.165) is 23.3 Å². The van der Waals surface area contributed by atoms with Crippen LogP contribution in [0.2, 0.25) is 0 Å². The third-order valence-corrected chi connectivity index (χ3v) is 3.64. The standard InChI is InChI=1S/C17H15N3O4/c1-11-8-14-9-12(2-7-16(14)24-11)10-18-19-17(21)13-3-5-15(6-4-13)20(22)23/h2-7,9-11H,8H2,1H3,(H,19,21)/b18-10+/t11-/m0/s1. The minimum absolute atomic E-state index is 0.0651. The average molecular weight is 325 g/mol. The lowest BCUT2D eigenvalue weighted by Crippen LogP contribution is -2.17. The van der Waals surface area contributed by atoms with Gasteiger partial charge < -0.3 is 4.74 Å². The van der Waals surface area contributed by atoms with Crippen LogP contribution in [-0.2, 0) is 6.42 Å². The first kappa shape index (κ1) is 15.7. The Labute approximate surface area is 138 Å². The summed E-state index contributed by atoms with van der Waals surface area (Å²) in [7, 11) is 0. The number of carbonyl (C=O) groups excluding carboxylic acids is 1. The summed E-state index contributed by atoms with van der Waals surface area (Å²) in [4.78, 5) is 22.0. The normalized spacial score (nSPS) is 15.8. The van der Waals surface area contributed by atoms with Crippen molar-refractivity contribution in [2.24, 2.45) is 5.10 Å². The van der Waals surface area contributed by atoms with Crippen LogP contribution in [0, 0.1) is 10.1 Å². The van der Waals surface area contributed by atoms with Crippen LogP contribution in [0.5, 0.6) is 5.75 Å². The second-order valence-electron chi connectivity index (χ2n) is 5.50. The Bertz CT molecular complexity index is 815. The first-order chi connectivity index (χ1) is 11.5. The number of nitrogens with one attached hydrogen (secondary N) is 1. The van der Waals surface area contributed by atoms with Gasteiger partial charge in [0, 0.05) is 24.1 Å². The Hall–Kier alpha value is -3.22. The quantitative estimate of drug-likeness (QED) is 0.531. The second kappa shape index (κ2) is 6.49. The Morgan fingerprint density at radius 1 is 1.33 bits per heavy atom. The predicted molar refractivity (Wildman–Crippen MR) is 88.4 cm³/mol. The summed E-state index contributed by atoms with van der Waals surface area (Å²) in [5, 5.41) is 14.5. The van der Waals surface area contributed by atoms with E-state index < -0.39 is 10.8 Å². The molecule has 7 nitrogen and oxygen atoms in total. The number of fused-ring (bicyclic) bond motifs is 1. The van der Waals surface area contributed by atoms with E-state index in [4.69, 9.17) is 4.74 Å². The van der Waals surface area contributed by atoms with Crippen molar-refractivity contribution in [2.45, 2.75) is 19.4 Å². The molecule has 1 N–H and O–H groups in total. The van der Waals surface area contributed by atoms with Crippen molar-refractivity contribution in [3.63, 3.8) is 0 Å². The molecule has 0 bridgehead atoms. The molecule has 0 spiro atoms. The third-order valence-electron chi connectivity index (χ3n) is 3.64. The molecule has 2 aromatic carbocycles. The molecule has 122 valence electrons. The fourth-order valence-electron chi connectivity index (χ4n) is 2.49. The van der Waals surface area contributed by atoms with Crippen molar-refractivity contribution in [3.8, 4) is 5.75 Å². The highest BCUT2D eigenvalue weighted by atomic mass is 16.6. The van der Waals surface area contributed by atoms with Crippen molar-refractivity contribution in [1.82, 2.24) is 5.43 Å². The summed E-state index contributed by atoms with van der Waals surface area (Å²) in [6, 6.07) is 11.0. The fraction of sp³-hybridized carbons (Fsp3) is 0.176. The summed E-state index contributed by atoms with van der Waals surface area (Å²) < 4.78 is 5.63. The van der Waals surface area contributed by atoms with Crippen LogP contribution in [0.15, 0.2) is 47.6 Å². The summed E-state index contributed by atoms with van der Waals surface area (Å²) in [6.45, 7) is 2.01. The number of nitro groups is 1. The van der Waals surface area contributed by atoms with Gasteiger partial charge in [-0.25, -0.2) is 5.43 Å². The Balaban J connectivity index is 1.63. The van der Waals surface area contributed by atoms with Gasteiger partial charge in [0.2, 0.25) is 0 Å². The van der Waals surface area contributed by atoms with Crippen molar-refractivity contribution in [1.29, 1.82) is 0 Å². The molecule has 0 fully saturated rings. The number of benzene rings is 2. The molecule has 7 heteroatoms. The number of nitrogens with zero attached hydrogens (tertiary/aromatic N) is 2. The number of hydrogen-bond donors (Lipinski definition) is 1. The molecule has 0 radical (unpaired) electrons. The van der Waals surface area contributed by atoms with Gasteiger partial charge in [-0.3, -0.25) is 14.9 Å². The lowest BCUT2D eigenvalue weighted by atomic mass is 10.1. The van der Waals surface area contributed by atoms with E-state index in [-0.39, 0.29) is 11.8 Å². The van der Waals surface area contributed by atoms with Crippen LogP contribution < -0.4 is 10.2 Å². The largest absolute Gasteiger partial charge is 0.490 e. The van der Waals surface area contributed by atoms with Crippen molar-refractivity contribution in [2.75, 3.05) is 0 Å². The molecule has 24 heavy (non-hydrogen) atoms. The highest BCUT2D eigenvalue weighted by molar-refractivity contribution is 5.95. The number of amides is 1. The lowest BCUT2D eigenvalue weighted by molar-refractivity contribution is -0.384. The van der Waals surface area contributed by atoms with Gasteiger partial charge in [-0.2, -0.15) is 5.10 Å². The summed E-state index contributed by atoms with van der Waals surface area (Å²) >= 11 is 0. The summed E-state index contributed by atoms with van der Waals surface area (Å²) in [5.41, 5.74) is 4.61. The van der Waals surface area contributed by atoms with Crippen LogP contribution in [0.4, 0.5) is 5.69 Å². The van der Waals surface area contributed by atoms with Crippen LogP contribution in [-0.4, -0.2) is 23.1 Å². The molecule has 1 aliphatic rings. The van der Waals surface area contributed by atoms with Crippen LogP contribution >= 0.6 is 0 Å². The van der Waals surface area contributed by atoms with Gasteiger partial charge in [0.15, 0.2) is 0 Å². The van der Waals surface area contributed by atoms with Crippen molar-refractivity contribution >= 4 is 17.8 Å². The van der Waals surface area contributed by atoms with Crippen LogP contribution in [0.1, 0.15) is 28.4 Å². The maximum Gasteiger partial charge on any atom is 0.271 e. The van der Waals surface area contributed by atoms with Crippen molar-refractivity contribution < 1.29 is 14.5 Å². The highest BCUT2D eigenvalue weighted by Crippen LogP contribution is 2.28. The maximum atomic E-state index is 11.9. The number of nitro benzene ring substituents is 1. The molecule has 1 aliphatic heterocycles. The second-order valence-corrected chi connectivity index (χ2v) is 5.50. The Morgan fingerprint density at radius 2 is 2.08 bits per heavy atom. The van der Waals surface area contributed by atoms with Gasteiger partial charge in [-0.05, 0) is 48.4 Å². The minimum Gasteiger partial charge on any atom is -0.490 e. The first-order valence-corrected chi connectivity index (χ1v) is 7.40. The molecular weight excluding hydrogens is 310 g/mol. The summed E-state index contributed by atoms with van der Waals surface area (Å²) in [5.74, 6) is 0.453. The van der Waals surface area contributed by atoms with Gasteiger partial charge in [0.25, 0.3) is 11.6 Å². The molecule has 2 aromatic rings. The van der Waals surface area contributed by atoms with Crippen LogP contribution in [0.25, 0.3) is 0 Å². The number of hydrazone groups is 1. The van der Waals surface area contributed by atoms with E-state index in [1.807, 2.05) is 25.1 Å². The smallest absolute Gasteiger partial charge is 0.271 e. The topological polar surface area (TPSA) is 93.8 Å². The van der Waals surface area contributed by atoms with E-state index >= 15 is 0 Å². The number of non-ortho nitro benzene ring substituents is 1. The van der Waals surface area contributed by atoms with Gasteiger partial charge >= 0.3 is 0 Å². The number of rotatable bonds is 4. The zero-order valence-electron chi connectivity index (χ0n) is 12.9. The number of ether oxygens (including phenoxy) is 1. The van der Waals surface area contributed by atoms with Gasteiger partial charge in [0.05, 0.1) is 11.1 Å². The van der Waals surface area contributed by atoms with Gasteiger partial charge in [-0.1, -0.05) is 0 Å². The van der Waals surface area contributed by atoms with E-state index in [1.54, 1.807) is 6.21 Å². The summed E-state index contributed by atoms with van der Waals surface area (Å²) in [6.07, 6.45) is 2.58. The molecule has 3 rings (SSSR count). The fourth-order valence-corrected chi connectivity index (χ4v) is 2.49.